The zero-order chi connectivity index (χ0) is 20.4. The molecule has 1 aliphatic carbocycles. The number of allylic oxidation sites excluding steroid dienone is 2. The topological polar surface area (TPSA) is 53.9 Å². The largest absolute Gasteiger partial charge is 0.363 e. The van der Waals surface area contributed by atoms with Gasteiger partial charge in [-0.05, 0) is 32.9 Å². The van der Waals surface area contributed by atoms with Crippen molar-refractivity contribution < 1.29 is 13.2 Å². The first-order valence-electron chi connectivity index (χ1n) is 8.83. The second kappa shape index (κ2) is 7.89. The van der Waals surface area contributed by atoms with E-state index in [0.29, 0.717) is 22.5 Å². The number of pyridine rings is 1. The molecule has 8 heteroatoms. The highest BCUT2D eigenvalue weighted by Gasteiger charge is 2.24. The Morgan fingerprint density at radius 2 is 2.04 bits per heavy atom. The number of alkyl halides is 2. The van der Waals surface area contributed by atoms with E-state index in [4.69, 9.17) is 0 Å². The number of hydrogen-bond donors (Lipinski definition) is 1. The fraction of sp³-hybridized carbons (Fsp3) is 0.350. The van der Waals surface area contributed by atoms with Gasteiger partial charge in [-0.25, -0.2) is 28.1 Å². The number of anilines is 2. The summed E-state index contributed by atoms with van der Waals surface area (Å²) in [5, 5.41) is 3.83. The maximum Gasteiger partial charge on any atom is 0.274 e. The molecule has 2 aromatic heterocycles. The smallest absolute Gasteiger partial charge is 0.274 e. The van der Waals surface area contributed by atoms with Gasteiger partial charge in [0.05, 0.1) is 17.8 Å². The summed E-state index contributed by atoms with van der Waals surface area (Å²) in [5.41, 5.74) is 4.53. The molecule has 28 heavy (non-hydrogen) atoms. The van der Waals surface area contributed by atoms with Gasteiger partial charge in [0.25, 0.3) is 6.43 Å². The van der Waals surface area contributed by atoms with E-state index in [2.05, 4.69) is 31.7 Å². The SMILES string of the molecule is CCN(C)c1cc2c(N[C@H](C)C3=C(F)C(C(F)F)=C=C=C3)nc(C)nc2cn1. The third-order valence-electron chi connectivity index (χ3n) is 4.51. The van der Waals surface area contributed by atoms with Gasteiger partial charge < -0.3 is 10.2 Å². The first kappa shape index (κ1) is 19.7. The van der Waals surface area contributed by atoms with E-state index in [0.717, 1.165) is 12.4 Å². The van der Waals surface area contributed by atoms with E-state index in [1.54, 1.807) is 20.0 Å². The van der Waals surface area contributed by atoms with Crippen molar-refractivity contribution >= 4 is 22.5 Å². The van der Waals surface area contributed by atoms with Gasteiger partial charge in [0.15, 0.2) is 0 Å². The maximum atomic E-state index is 14.5. The lowest BCUT2D eigenvalue weighted by Crippen LogP contribution is -2.21. The number of rotatable bonds is 6. The minimum atomic E-state index is -2.95. The molecule has 2 heterocycles. The summed E-state index contributed by atoms with van der Waals surface area (Å²) in [6, 6.07) is 1.22. The molecule has 0 unspecified atom stereocenters. The van der Waals surface area contributed by atoms with Crippen LogP contribution < -0.4 is 10.2 Å². The van der Waals surface area contributed by atoms with Crippen molar-refractivity contribution in [3.05, 3.63) is 52.6 Å². The van der Waals surface area contributed by atoms with Crippen LogP contribution >= 0.6 is 0 Å². The van der Waals surface area contributed by atoms with Crippen LogP contribution in [-0.2, 0) is 0 Å². The average Bonchev–Trinajstić information content (AvgIpc) is 2.66. The Morgan fingerprint density at radius 3 is 2.71 bits per heavy atom. The van der Waals surface area contributed by atoms with Gasteiger partial charge in [0.1, 0.15) is 28.9 Å². The predicted molar refractivity (Wildman–Crippen MR) is 103 cm³/mol. The van der Waals surface area contributed by atoms with Crippen LogP contribution in [0.1, 0.15) is 19.7 Å². The third-order valence-corrected chi connectivity index (χ3v) is 4.51. The van der Waals surface area contributed by atoms with Crippen LogP contribution in [0.4, 0.5) is 24.8 Å². The van der Waals surface area contributed by atoms with Gasteiger partial charge in [0, 0.05) is 24.6 Å². The van der Waals surface area contributed by atoms with Gasteiger partial charge in [-0.3, -0.25) is 0 Å². The quantitative estimate of drug-likeness (QED) is 0.748. The molecular formula is C20H20F3N5. The highest BCUT2D eigenvalue weighted by molar-refractivity contribution is 5.90. The first-order valence-corrected chi connectivity index (χ1v) is 8.83. The first-order chi connectivity index (χ1) is 13.3. The molecule has 0 saturated carbocycles. The Labute approximate surface area is 161 Å². The highest BCUT2D eigenvalue weighted by Crippen LogP contribution is 2.29. The van der Waals surface area contributed by atoms with Crippen molar-refractivity contribution in [1.82, 2.24) is 15.0 Å². The van der Waals surface area contributed by atoms with Crippen molar-refractivity contribution in [2.24, 2.45) is 0 Å². The molecule has 0 fully saturated rings. The number of hydrogen-bond acceptors (Lipinski definition) is 5. The molecule has 5 nitrogen and oxygen atoms in total. The number of aryl methyl sites for hydroxylation is 1. The van der Waals surface area contributed by atoms with Crippen LogP contribution in [0.3, 0.4) is 0 Å². The lowest BCUT2D eigenvalue weighted by atomic mass is 10.0. The number of nitrogens with zero attached hydrogens (tertiary/aromatic N) is 4. The van der Waals surface area contributed by atoms with Crippen molar-refractivity contribution in [1.29, 1.82) is 0 Å². The molecule has 0 radical (unpaired) electrons. The maximum absolute atomic E-state index is 14.5. The van der Waals surface area contributed by atoms with Crippen molar-refractivity contribution in [3.8, 4) is 0 Å². The molecule has 2 aromatic rings. The summed E-state index contributed by atoms with van der Waals surface area (Å²) < 4.78 is 40.4. The van der Waals surface area contributed by atoms with Crippen molar-refractivity contribution in [2.45, 2.75) is 33.2 Å². The Balaban J connectivity index is 2.01. The minimum absolute atomic E-state index is 0.0680. The molecule has 0 aromatic carbocycles. The second-order valence-electron chi connectivity index (χ2n) is 6.46. The van der Waals surface area contributed by atoms with E-state index < -0.39 is 23.9 Å². The van der Waals surface area contributed by atoms with Gasteiger partial charge in [-0.15, -0.1) is 0 Å². The van der Waals surface area contributed by atoms with Gasteiger partial charge in [-0.1, -0.05) is 11.5 Å². The second-order valence-corrected chi connectivity index (χ2v) is 6.46. The van der Waals surface area contributed by atoms with E-state index >= 15 is 0 Å². The molecule has 0 spiro atoms. The summed E-state index contributed by atoms with van der Waals surface area (Å²) in [6.07, 6.45) is 0.0124. The van der Waals surface area contributed by atoms with E-state index in [9.17, 15) is 13.2 Å². The fourth-order valence-corrected chi connectivity index (χ4v) is 2.83. The zero-order valence-corrected chi connectivity index (χ0v) is 16.0. The van der Waals surface area contributed by atoms with E-state index in [-0.39, 0.29) is 5.57 Å². The molecule has 1 atom stereocenters. The molecule has 146 valence electrons. The average molecular weight is 387 g/mol. The van der Waals surface area contributed by atoms with E-state index in [1.807, 2.05) is 24.9 Å². The molecule has 0 amide bonds. The monoisotopic (exact) mass is 387 g/mol. The lowest BCUT2D eigenvalue weighted by molar-refractivity contribution is 0.188. The minimum Gasteiger partial charge on any atom is -0.363 e. The van der Waals surface area contributed by atoms with Crippen molar-refractivity contribution in [2.75, 3.05) is 23.8 Å². The Bertz CT molecular complexity index is 1050. The summed E-state index contributed by atoms with van der Waals surface area (Å²) >= 11 is 0. The normalized spacial score (nSPS) is 14.6. The molecule has 0 bridgehead atoms. The molecule has 0 aliphatic heterocycles. The number of halogens is 3. The van der Waals surface area contributed by atoms with Crippen LogP contribution in [0.15, 0.2) is 46.8 Å². The Kier molecular flexibility index (Phi) is 5.54. The zero-order valence-electron chi connectivity index (χ0n) is 16.0. The molecular weight excluding hydrogens is 367 g/mol. The van der Waals surface area contributed by atoms with Crippen molar-refractivity contribution in [3.63, 3.8) is 0 Å². The van der Waals surface area contributed by atoms with Crippen LogP contribution in [0.2, 0.25) is 0 Å². The Hall–Kier alpha value is -3.08. The summed E-state index contributed by atoms with van der Waals surface area (Å²) in [7, 11) is 1.91. The highest BCUT2D eigenvalue weighted by atomic mass is 19.3. The van der Waals surface area contributed by atoms with Crippen LogP contribution in [0.25, 0.3) is 10.9 Å². The predicted octanol–water partition coefficient (Wildman–Crippen LogP) is 4.33. The Morgan fingerprint density at radius 1 is 1.29 bits per heavy atom. The number of nitrogens with one attached hydrogen (secondary N) is 1. The molecule has 0 saturated heterocycles. The summed E-state index contributed by atoms with van der Waals surface area (Å²) in [4.78, 5) is 15.2. The molecule has 1 aliphatic rings. The summed E-state index contributed by atoms with van der Waals surface area (Å²) in [5.74, 6) is 0.750. The van der Waals surface area contributed by atoms with Crippen LogP contribution in [0, 0.1) is 6.92 Å². The third kappa shape index (κ3) is 3.79. The molecule has 3 rings (SSSR count). The number of aromatic nitrogens is 3. The van der Waals surface area contributed by atoms with Gasteiger partial charge >= 0.3 is 0 Å². The number of fused-ring (bicyclic) bond motifs is 1. The van der Waals surface area contributed by atoms with E-state index in [1.165, 1.54) is 6.08 Å². The van der Waals surface area contributed by atoms with Crippen LogP contribution in [0.5, 0.6) is 0 Å². The van der Waals surface area contributed by atoms with Gasteiger partial charge in [0.2, 0.25) is 0 Å². The summed E-state index contributed by atoms with van der Waals surface area (Å²) in [6.45, 7) is 6.18. The standard InChI is InChI=1S/C20H20F3N5/c1-5-28(4)17-9-15-16(10-24-17)26-12(3)27-20(15)25-11(2)13-7-6-8-14(18(13)21)19(22)23/h7,9-11,19H,5H2,1-4H3,(H,25,26,27)/t11-/m1/s1. The molecule has 1 N–H and O–H groups in total. The van der Waals surface area contributed by atoms with Gasteiger partial charge in [-0.2, -0.15) is 0 Å². The fourth-order valence-electron chi connectivity index (χ4n) is 2.83. The van der Waals surface area contributed by atoms with Crippen LogP contribution in [-0.4, -0.2) is 41.0 Å². The lowest BCUT2D eigenvalue weighted by Gasteiger charge is -2.20.